The fraction of sp³-hybridized carbons (Fsp3) is 0.154. The third-order valence-corrected chi connectivity index (χ3v) is 2.52. The molecule has 0 aromatic heterocycles. The summed E-state index contributed by atoms with van der Waals surface area (Å²) in [5.41, 5.74) is 0.0541. The lowest BCUT2D eigenvalue weighted by Crippen LogP contribution is -2.04. The van der Waals surface area contributed by atoms with Crippen molar-refractivity contribution < 1.29 is 13.2 Å². The van der Waals surface area contributed by atoms with Gasteiger partial charge in [-0.1, -0.05) is 24.3 Å². The molecular formula is C13H8F3N. The molecule has 0 fully saturated rings. The third-order valence-electron chi connectivity index (χ3n) is 2.52. The summed E-state index contributed by atoms with van der Waals surface area (Å²) in [6, 6.07) is 10.7. The van der Waals surface area contributed by atoms with Crippen LogP contribution >= 0.6 is 0 Å². The summed E-state index contributed by atoms with van der Waals surface area (Å²) in [6.45, 7) is 0. The largest absolute Gasteiger partial charge is 0.416 e. The van der Waals surface area contributed by atoms with Crippen LogP contribution in [0.15, 0.2) is 36.4 Å². The average Bonchev–Trinajstić information content (AvgIpc) is 2.27. The molecule has 0 aliphatic heterocycles. The summed E-state index contributed by atoms with van der Waals surface area (Å²) in [5, 5.41) is 9.79. The van der Waals surface area contributed by atoms with E-state index in [0.717, 1.165) is 23.1 Å². The molecular weight excluding hydrogens is 227 g/mol. The van der Waals surface area contributed by atoms with Gasteiger partial charge in [0, 0.05) is 0 Å². The fourth-order valence-electron chi connectivity index (χ4n) is 1.67. The number of benzene rings is 2. The summed E-state index contributed by atoms with van der Waals surface area (Å²) in [5.74, 6) is 0. The van der Waals surface area contributed by atoms with Gasteiger partial charge in [0.2, 0.25) is 0 Å². The molecule has 0 saturated heterocycles. The Morgan fingerprint density at radius 3 is 2.35 bits per heavy atom. The monoisotopic (exact) mass is 235 g/mol. The molecule has 0 heterocycles. The number of nitriles is 1. The number of hydrogen-bond acceptors (Lipinski definition) is 1. The lowest BCUT2D eigenvalue weighted by Gasteiger charge is -2.08. The van der Waals surface area contributed by atoms with Gasteiger partial charge >= 0.3 is 6.18 Å². The number of nitrogens with zero attached hydrogens (tertiary/aromatic N) is 1. The van der Waals surface area contributed by atoms with Gasteiger partial charge in [0.15, 0.2) is 0 Å². The van der Waals surface area contributed by atoms with Gasteiger partial charge in [-0.05, 0) is 28.5 Å². The van der Waals surface area contributed by atoms with Crippen molar-refractivity contribution in [2.24, 2.45) is 0 Å². The summed E-state index contributed by atoms with van der Waals surface area (Å²) < 4.78 is 37.5. The van der Waals surface area contributed by atoms with Gasteiger partial charge in [0.25, 0.3) is 0 Å². The molecule has 0 unspecified atom stereocenters. The standard InChI is InChI=1S/C13H8F3N/c14-13(15,16)12-4-3-10-2-1-9(5-6-17)7-11(10)8-12/h1-4,7-8H,5H2. The lowest BCUT2D eigenvalue weighted by molar-refractivity contribution is -0.137. The van der Waals surface area contributed by atoms with Crippen LogP contribution in [0.1, 0.15) is 11.1 Å². The van der Waals surface area contributed by atoms with E-state index in [9.17, 15) is 13.2 Å². The van der Waals surface area contributed by atoms with E-state index in [1.54, 1.807) is 18.2 Å². The Balaban J connectivity index is 2.55. The molecule has 0 N–H and O–H groups in total. The molecule has 86 valence electrons. The predicted octanol–water partition coefficient (Wildman–Crippen LogP) is 3.92. The first-order valence-corrected chi connectivity index (χ1v) is 4.97. The summed E-state index contributed by atoms with van der Waals surface area (Å²) in [6.07, 6.45) is -4.13. The molecule has 0 atom stereocenters. The van der Waals surface area contributed by atoms with Crippen LogP contribution in [0, 0.1) is 11.3 Å². The zero-order valence-electron chi connectivity index (χ0n) is 8.75. The van der Waals surface area contributed by atoms with Gasteiger partial charge in [0.05, 0.1) is 18.1 Å². The Labute approximate surface area is 96.1 Å². The third kappa shape index (κ3) is 2.39. The average molecular weight is 235 g/mol. The van der Waals surface area contributed by atoms with Crippen molar-refractivity contribution in [1.82, 2.24) is 0 Å². The first-order chi connectivity index (χ1) is 8.00. The topological polar surface area (TPSA) is 23.8 Å². The van der Waals surface area contributed by atoms with Gasteiger partial charge in [-0.15, -0.1) is 0 Å². The van der Waals surface area contributed by atoms with Crippen molar-refractivity contribution in [3.8, 4) is 6.07 Å². The zero-order chi connectivity index (χ0) is 12.5. The molecule has 0 aliphatic carbocycles. The van der Waals surface area contributed by atoms with Crippen LogP contribution in [-0.2, 0) is 12.6 Å². The number of halogens is 3. The van der Waals surface area contributed by atoms with Crippen LogP contribution in [-0.4, -0.2) is 0 Å². The van der Waals surface area contributed by atoms with E-state index in [4.69, 9.17) is 5.26 Å². The molecule has 0 aliphatic rings. The lowest BCUT2D eigenvalue weighted by atomic mass is 10.0. The maximum absolute atomic E-state index is 12.5. The molecule has 4 heteroatoms. The van der Waals surface area contributed by atoms with E-state index in [0.29, 0.717) is 5.39 Å². The number of alkyl halides is 3. The minimum absolute atomic E-state index is 0.201. The number of rotatable bonds is 1. The minimum atomic E-state index is -4.33. The van der Waals surface area contributed by atoms with E-state index in [1.807, 2.05) is 6.07 Å². The van der Waals surface area contributed by atoms with E-state index < -0.39 is 11.7 Å². The highest BCUT2D eigenvalue weighted by molar-refractivity contribution is 5.84. The van der Waals surface area contributed by atoms with Crippen LogP contribution in [0.25, 0.3) is 10.8 Å². The Bertz CT molecular complexity index is 594. The molecule has 0 bridgehead atoms. The zero-order valence-corrected chi connectivity index (χ0v) is 8.75. The predicted molar refractivity (Wildman–Crippen MR) is 58.3 cm³/mol. The summed E-state index contributed by atoms with van der Waals surface area (Å²) >= 11 is 0. The van der Waals surface area contributed by atoms with Crippen LogP contribution in [0.3, 0.4) is 0 Å². The maximum atomic E-state index is 12.5. The van der Waals surface area contributed by atoms with E-state index >= 15 is 0 Å². The Morgan fingerprint density at radius 2 is 1.71 bits per heavy atom. The number of hydrogen-bond donors (Lipinski definition) is 0. The van der Waals surface area contributed by atoms with Crippen LogP contribution in [0.5, 0.6) is 0 Å². The van der Waals surface area contributed by atoms with Crippen molar-refractivity contribution in [3.05, 3.63) is 47.5 Å². The molecule has 0 radical (unpaired) electrons. The van der Waals surface area contributed by atoms with Crippen LogP contribution in [0.2, 0.25) is 0 Å². The second-order valence-corrected chi connectivity index (χ2v) is 3.73. The Morgan fingerprint density at radius 1 is 1.00 bits per heavy atom. The smallest absolute Gasteiger partial charge is 0.198 e. The summed E-state index contributed by atoms with van der Waals surface area (Å²) in [7, 11) is 0. The first kappa shape index (κ1) is 11.5. The highest BCUT2D eigenvalue weighted by Gasteiger charge is 2.30. The van der Waals surface area contributed by atoms with E-state index in [-0.39, 0.29) is 6.42 Å². The van der Waals surface area contributed by atoms with Gasteiger partial charge in [0.1, 0.15) is 0 Å². The quantitative estimate of drug-likeness (QED) is 0.734. The van der Waals surface area contributed by atoms with Crippen LogP contribution < -0.4 is 0 Å². The highest BCUT2D eigenvalue weighted by Crippen LogP contribution is 2.31. The van der Waals surface area contributed by atoms with Crippen molar-refractivity contribution in [2.45, 2.75) is 12.6 Å². The van der Waals surface area contributed by atoms with Gasteiger partial charge in [-0.25, -0.2) is 0 Å². The molecule has 2 rings (SSSR count). The Kier molecular flexibility index (Phi) is 2.76. The molecule has 1 nitrogen and oxygen atoms in total. The molecule has 2 aromatic rings. The maximum Gasteiger partial charge on any atom is 0.416 e. The van der Waals surface area contributed by atoms with Crippen molar-refractivity contribution in [2.75, 3.05) is 0 Å². The molecule has 17 heavy (non-hydrogen) atoms. The Hall–Kier alpha value is -2.02. The second-order valence-electron chi connectivity index (χ2n) is 3.73. The van der Waals surface area contributed by atoms with Crippen molar-refractivity contribution >= 4 is 10.8 Å². The first-order valence-electron chi connectivity index (χ1n) is 4.97. The van der Waals surface area contributed by atoms with Gasteiger partial charge in [-0.3, -0.25) is 0 Å². The molecule has 0 spiro atoms. The van der Waals surface area contributed by atoms with E-state index in [1.165, 1.54) is 6.07 Å². The minimum Gasteiger partial charge on any atom is -0.198 e. The van der Waals surface area contributed by atoms with E-state index in [2.05, 4.69) is 0 Å². The van der Waals surface area contributed by atoms with Crippen molar-refractivity contribution in [1.29, 1.82) is 5.26 Å². The molecule has 2 aromatic carbocycles. The van der Waals surface area contributed by atoms with Gasteiger partial charge in [-0.2, -0.15) is 18.4 Å². The molecule has 0 saturated carbocycles. The second kappa shape index (κ2) is 4.10. The SMILES string of the molecule is N#CCc1ccc2ccc(C(F)(F)F)cc2c1. The molecule has 0 amide bonds. The number of fused-ring (bicyclic) bond motifs is 1. The fourth-order valence-corrected chi connectivity index (χ4v) is 1.67. The summed E-state index contributed by atoms with van der Waals surface area (Å²) in [4.78, 5) is 0. The van der Waals surface area contributed by atoms with Gasteiger partial charge < -0.3 is 0 Å². The normalized spacial score (nSPS) is 11.4. The van der Waals surface area contributed by atoms with Crippen LogP contribution in [0.4, 0.5) is 13.2 Å². The highest BCUT2D eigenvalue weighted by atomic mass is 19.4. The van der Waals surface area contributed by atoms with Crippen molar-refractivity contribution in [3.63, 3.8) is 0 Å².